The Balaban J connectivity index is 2.29. The van der Waals surface area contributed by atoms with Crippen LogP contribution in [0.5, 0.6) is 0 Å². The van der Waals surface area contributed by atoms with E-state index in [-0.39, 0.29) is 33.9 Å². The van der Waals surface area contributed by atoms with Gasteiger partial charge in [-0.05, 0) is 17.8 Å². The molecule has 0 spiro atoms. The molecule has 112 valence electrons. The minimum absolute atomic E-state index is 0.0230. The molecule has 22 heavy (non-hydrogen) atoms. The van der Waals surface area contributed by atoms with Crippen LogP contribution in [0.15, 0.2) is 24.4 Å². The molecule has 0 amide bonds. The van der Waals surface area contributed by atoms with Gasteiger partial charge in [-0.1, -0.05) is 0 Å². The van der Waals surface area contributed by atoms with Gasteiger partial charge in [0.1, 0.15) is 11.1 Å². The van der Waals surface area contributed by atoms with Crippen molar-refractivity contribution in [3.05, 3.63) is 45.3 Å². The SMILES string of the molecule is CCOC(=O)c1cnn2c1n[n+]([O-])c1cc([N+](=O)[O-])ccc12. The average Bonchev–Trinajstić information content (AvgIpc) is 2.91. The molecular weight excluding hydrogens is 294 g/mol. The van der Waals surface area contributed by atoms with Gasteiger partial charge >= 0.3 is 5.97 Å². The Hall–Kier alpha value is -3.30. The Bertz CT molecular complexity index is 919. The third-order valence-electron chi connectivity index (χ3n) is 3.03. The van der Waals surface area contributed by atoms with Gasteiger partial charge < -0.3 is 9.94 Å². The fourth-order valence-electron chi connectivity index (χ4n) is 2.06. The summed E-state index contributed by atoms with van der Waals surface area (Å²) in [6, 6.07) is 3.71. The molecule has 0 aliphatic rings. The van der Waals surface area contributed by atoms with Crippen molar-refractivity contribution in [3.8, 4) is 0 Å². The van der Waals surface area contributed by atoms with Gasteiger partial charge in [-0.25, -0.2) is 9.31 Å². The number of nitro groups is 1. The first-order chi connectivity index (χ1) is 10.5. The zero-order valence-corrected chi connectivity index (χ0v) is 11.3. The van der Waals surface area contributed by atoms with E-state index in [1.54, 1.807) is 6.92 Å². The van der Waals surface area contributed by atoms with Crippen LogP contribution < -0.4 is 4.85 Å². The fraction of sp³-hybridized carbons (Fsp3) is 0.167. The van der Waals surface area contributed by atoms with E-state index in [1.807, 2.05) is 0 Å². The van der Waals surface area contributed by atoms with E-state index < -0.39 is 10.9 Å². The standard InChI is InChI=1S/C12H9N5O5/c1-2-22-12(18)8-6-13-15-9-4-3-7(17(20)21)5-10(9)16(19)14-11(8)15/h3-6H,2H2,1H3. The van der Waals surface area contributed by atoms with E-state index in [2.05, 4.69) is 10.2 Å². The minimum atomic E-state index is -0.647. The van der Waals surface area contributed by atoms with E-state index in [0.29, 0.717) is 5.52 Å². The maximum atomic E-state index is 12.0. The molecule has 1 aromatic carbocycles. The number of hydrogen-bond acceptors (Lipinski definition) is 7. The molecule has 10 heteroatoms. The van der Waals surface area contributed by atoms with Crippen molar-refractivity contribution >= 4 is 28.3 Å². The summed E-state index contributed by atoms with van der Waals surface area (Å²) in [4.78, 5) is 22.2. The molecule has 0 fully saturated rings. The zero-order chi connectivity index (χ0) is 15.9. The number of nitrogens with zero attached hydrogens (tertiary/aromatic N) is 5. The molecule has 0 saturated heterocycles. The van der Waals surface area contributed by atoms with Crippen LogP contribution in [0.25, 0.3) is 16.7 Å². The molecule has 10 nitrogen and oxygen atoms in total. The lowest BCUT2D eigenvalue weighted by molar-refractivity contribution is -0.640. The third-order valence-corrected chi connectivity index (χ3v) is 3.03. The molecule has 0 aliphatic carbocycles. The lowest BCUT2D eigenvalue weighted by Crippen LogP contribution is -2.33. The second-order valence-corrected chi connectivity index (χ2v) is 4.32. The summed E-state index contributed by atoms with van der Waals surface area (Å²) in [5, 5.41) is 30.5. The number of ether oxygens (including phenoxy) is 1. The summed E-state index contributed by atoms with van der Waals surface area (Å²) in [6.45, 7) is 1.83. The summed E-state index contributed by atoms with van der Waals surface area (Å²) in [5.74, 6) is -0.647. The Labute approximate surface area is 122 Å². The largest absolute Gasteiger partial charge is 0.594 e. The lowest BCUT2D eigenvalue weighted by Gasteiger charge is -2.02. The van der Waals surface area contributed by atoms with Gasteiger partial charge in [0.2, 0.25) is 5.65 Å². The van der Waals surface area contributed by atoms with Gasteiger partial charge in [0.25, 0.3) is 11.2 Å². The Kier molecular flexibility index (Phi) is 3.05. The van der Waals surface area contributed by atoms with Crippen molar-refractivity contribution < 1.29 is 19.3 Å². The molecule has 0 atom stereocenters. The summed E-state index contributed by atoms with van der Waals surface area (Å²) in [6.07, 6.45) is 1.24. The highest BCUT2D eigenvalue weighted by Gasteiger charge is 2.22. The normalized spacial score (nSPS) is 11.0. The van der Waals surface area contributed by atoms with Crippen LogP contribution in [0.1, 0.15) is 17.3 Å². The second-order valence-electron chi connectivity index (χ2n) is 4.32. The number of carbonyl (C=O) groups excluding carboxylic acids is 1. The molecule has 0 aliphatic heterocycles. The summed E-state index contributed by atoms with van der Waals surface area (Å²) in [7, 11) is 0. The number of rotatable bonds is 3. The van der Waals surface area contributed by atoms with Crippen molar-refractivity contribution in [2.45, 2.75) is 6.92 Å². The Morgan fingerprint density at radius 1 is 1.50 bits per heavy atom. The second kappa shape index (κ2) is 4.91. The number of non-ortho nitro benzene ring substituents is 1. The molecule has 2 heterocycles. The average molecular weight is 303 g/mol. The van der Waals surface area contributed by atoms with E-state index in [0.717, 1.165) is 6.07 Å². The number of hydrogen-bond donors (Lipinski definition) is 0. The van der Waals surface area contributed by atoms with E-state index >= 15 is 0 Å². The highest BCUT2D eigenvalue weighted by molar-refractivity contribution is 5.96. The quantitative estimate of drug-likeness (QED) is 0.228. The molecule has 2 aromatic heterocycles. The summed E-state index contributed by atoms with van der Waals surface area (Å²) in [5.41, 5.74) is 0.0962. The van der Waals surface area contributed by atoms with Gasteiger partial charge in [0.05, 0.1) is 23.8 Å². The number of benzene rings is 1. The van der Waals surface area contributed by atoms with Crippen LogP contribution in [0.2, 0.25) is 0 Å². The van der Waals surface area contributed by atoms with Crippen LogP contribution in [-0.4, -0.2) is 32.2 Å². The topological polar surface area (TPSA) is 127 Å². The fourth-order valence-corrected chi connectivity index (χ4v) is 2.06. The minimum Gasteiger partial charge on any atom is -0.594 e. The molecule has 0 saturated carbocycles. The first-order valence-corrected chi connectivity index (χ1v) is 6.25. The highest BCUT2D eigenvalue weighted by atomic mass is 16.6. The molecular formula is C12H9N5O5. The van der Waals surface area contributed by atoms with E-state index in [9.17, 15) is 20.1 Å². The summed E-state index contributed by atoms with van der Waals surface area (Å²) >= 11 is 0. The monoisotopic (exact) mass is 303 g/mol. The molecule has 0 N–H and O–H groups in total. The Morgan fingerprint density at radius 3 is 2.95 bits per heavy atom. The number of nitro benzene ring substituents is 1. The maximum Gasteiger partial charge on any atom is 0.343 e. The van der Waals surface area contributed by atoms with Crippen molar-refractivity contribution in [2.75, 3.05) is 6.61 Å². The molecule has 0 unspecified atom stereocenters. The molecule has 3 rings (SSSR count). The van der Waals surface area contributed by atoms with Crippen LogP contribution in [0.4, 0.5) is 5.69 Å². The molecule has 0 radical (unpaired) electrons. The van der Waals surface area contributed by atoms with Crippen LogP contribution in [-0.2, 0) is 4.74 Å². The van der Waals surface area contributed by atoms with Crippen molar-refractivity contribution in [1.82, 2.24) is 14.7 Å². The predicted octanol–water partition coefficient (Wildman–Crippen LogP) is 0.601. The predicted molar refractivity (Wildman–Crippen MR) is 72.1 cm³/mol. The third kappa shape index (κ3) is 1.97. The molecule has 0 bridgehead atoms. The van der Waals surface area contributed by atoms with Gasteiger partial charge in [-0.15, -0.1) is 0 Å². The van der Waals surface area contributed by atoms with Crippen molar-refractivity contribution in [1.29, 1.82) is 0 Å². The lowest BCUT2D eigenvalue weighted by atomic mass is 10.2. The smallest absolute Gasteiger partial charge is 0.343 e. The van der Waals surface area contributed by atoms with Crippen LogP contribution in [0.3, 0.4) is 0 Å². The highest BCUT2D eigenvalue weighted by Crippen LogP contribution is 2.19. The number of fused-ring (bicyclic) bond motifs is 3. The number of carbonyl (C=O) groups is 1. The van der Waals surface area contributed by atoms with Crippen LogP contribution >= 0.6 is 0 Å². The number of aromatic nitrogens is 4. The van der Waals surface area contributed by atoms with Crippen molar-refractivity contribution in [3.63, 3.8) is 0 Å². The van der Waals surface area contributed by atoms with E-state index in [1.165, 1.54) is 22.8 Å². The van der Waals surface area contributed by atoms with Gasteiger partial charge in [-0.3, -0.25) is 10.1 Å². The van der Waals surface area contributed by atoms with Crippen molar-refractivity contribution in [2.24, 2.45) is 0 Å². The van der Waals surface area contributed by atoms with Gasteiger partial charge in [-0.2, -0.15) is 5.10 Å². The van der Waals surface area contributed by atoms with Gasteiger partial charge in [0.15, 0.2) is 0 Å². The first-order valence-electron chi connectivity index (χ1n) is 6.25. The van der Waals surface area contributed by atoms with Crippen LogP contribution in [0, 0.1) is 15.3 Å². The zero-order valence-electron chi connectivity index (χ0n) is 11.3. The van der Waals surface area contributed by atoms with E-state index in [4.69, 9.17) is 4.74 Å². The number of esters is 1. The summed E-state index contributed by atoms with van der Waals surface area (Å²) < 4.78 is 6.13. The van der Waals surface area contributed by atoms with Gasteiger partial charge in [0, 0.05) is 11.2 Å². The first kappa shape index (κ1) is 13.7. The Morgan fingerprint density at radius 2 is 2.27 bits per heavy atom. The maximum absolute atomic E-state index is 12.0. The molecule has 3 aromatic rings.